The van der Waals surface area contributed by atoms with Crippen LogP contribution < -0.4 is 5.32 Å². The van der Waals surface area contributed by atoms with Crippen molar-refractivity contribution in [2.45, 2.75) is 25.4 Å². The summed E-state index contributed by atoms with van der Waals surface area (Å²) in [6.07, 6.45) is 2.15. The van der Waals surface area contributed by atoms with E-state index in [0.717, 1.165) is 30.7 Å². The molecule has 2 aromatic carbocycles. The molecule has 0 spiro atoms. The third-order valence-corrected chi connectivity index (χ3v) is 4.66. The van der Waals surface area contributed by atoms with Crippen molar-refractivity contribution in [2.75, 3.05) is 18.5 Å². The summed E-state index contributed by atoms with van der Waals surface area (Å²) in [5.41, 5.74) is 2.20. The smallest absolute Gasteiger partial charge is 0.310 e. The molecule has 0 aliphatic carbocycles. The molecule has 0 radical (unpaired) electrons. The van der Waals surface area contributed by atoms with Crippen LogP contribution in [0.5, 0.6) is 0 Å². The van der Waals surface area contributed by atoms with E-state index in [4.69, 9.17) is 32.7 Å². The predicted octanol–water partition coefficient (Wildman–Crippen LogP) is 5.00. The molecule has 1 N–H and O–H groups in total. The largest absolute Gasteiger partial charge is 0.463 e. The van der Waals surface area contributed by atoms with Gasteiger partial charge in [-0.1, -0.05) is 47.5 Å². The van der Waals surface area contributed by atoms with E-state index in [0.29, 0.717) is 22.3 Å². The molecule has 0 amide bonds. The normalized spacial score (nSPS) is 16.6. The van der Waals surface area contributed by atoms with Gasteiger partial charge in [0.15, 0.2) is 0 Å². The van der Waals surface area contributed by atoms with E-state index in [9.17, 15) is 4.79 Å². The Morgan fingerprint density at radius 2 is 1.92 bits per heavy atom. The molecule has 0 saturated carbocycles. The Kier molecular flexibility index (Phi) is 6.19. The standard InChI is InChI=1S/C19H19Cl2NO3/c20-15-7-3-8-16(21)19(15)22-17-9-2-1-5-13(17)11-18(23)25-12-14-6-4-10-24-14/h1-3,5,7-9,14,22H,4,6,10-12H2. The second-order valence-corrected chi connectivity index (χ2v) is 6.69. The number of anilines is 2. The fourth-order valence-electron chi connectivity index (χ4n) is 2.72. The molecular formula is C19H19Cl2NO3. The zero-order chi connectivity index (χ0) is 17.6. The molecule has 0 bridgehead atoms. The van der Waals surface area contributed by atoms with Crippen molar-refractivity contribution in [2.24, 2.45) is 0 Å². The maximum atomic E-state index is 12.2. The van der Waals surface area contributed by atoms with Gasteiger partial charge in [-0.05, 0) is 36.6 Å². The third kappa shape index (κ3) is 4.88. The minimum absolute atomic E-state index is 0.0271. The van der Waals surface area contributed by atoms with Gasteiger partial charge in [-0.3, -0.25) is 4.79 Å². The van der Waals surface area contributed by atoms with Crippen LogP contribution in [-0.2, 0) is 20.7 Å². The Balaban J connectivity index is 1.67. The lowest BCUT2D eigenvalue weighted by Crippen LogP contribution is -2.19. The molecule has 6 heteroatoms. The van der Waals surface area contributed by atoms with Gasteiger partial charge in [-0.25, -0.2) is 0 Å². The lowest BCUT2D eigenvalue weighted by Gasteiger charge is -2.15. The Labute approximate surface area is 157 Å². The summed E-state index contributed by atoms with van der Waals surface area (Å²) in [6, 6.07) is 12.8. The zero-order valence-corrected chi connectivity index (χ0v) is 15.1. The first-order chi connectivity index (χ1) is 12.1. The summed E-state index contributed by atoms with van der Waals surface area (Å²) in [6.45, 7) is 1.05. The highest BCUT2D eigenvalue weighted by molar-refractivity contribution is 6.39. The van der Waals surface area contributed by atoms with Gasteiger partial charge in [0.1, 0.15) is 6.61 Å². The molecule has 1 heterocycles. The Morgan fingerprint density at radius 1 is 1.16 bits per heavy atom. The number of hydrogen-bond acceptors (Lipinski definition) is 4. The molecule has 2 aromatic rings. The number of rotatable bonds is 6. The molecule has 1 atom stereocenters. The first-order valence-electron chi connectivity index (χ1n) is 8.19. The van der Waals surface area contributed by atoms with Crippen molar-refractivity contribution in [3.8, 4) is 0 Å². The van der Waals surface area contributed by atoms with E-state index in [1.54, 1.807) is 18.2 Å². The lowest BCUT2D eigenvalue weighted by molar-refractivity contribution is -0.146. The number of halogens is 2. The molecule has 1 fully saturated rings. The quantitative estimate of drug-likeness (QED) is 0.717. The maximum absolute atomic E-state index is 12.2. The Bertz CT molecular complexity index is 725. The van der Waals surface area contributed by atoms with E-state index in [2.05, 4.69) is 5.32 Å². The number of benzene rings is 2. The van der Waals surface area contributed by atoms with Crippen LogP contribution in [-0.4, -0.2) is 25.3 Å². The van der Waals surface area contributed by atoms with Crippen LogP contribution in [0.2, 0.25) is 10.0 Å². The number of para-hydroxylation sites is 2. The van der Waals surface area contributed by atoms with E-state index in [-0.39, 0.29) is 18.5 Å². The summed E-state index contributed by atoms with van der Waals surface area (Å²) >= 11 is 12.4. The van der Waals surface area contributed by atoms with E-state index < -0.39 is 0 Å². The molecule has 3 rings (SSSR count). The summed E-state index contributed by atoms with van der Waals surface area (Å²) in [5.74, 6) is -0.282. The number of hydrogen-bond donors (Lipinski definition) is 1. The summed E-state index contributed by atoms with van der Waals surface area (Å²) in [4.78, 5) is 12.2. The molecule has 1 unspecified atom stereocenters. The third-order valence-electron chi connectivity index (χ3n) is 4.03. The van der Waals surface area contributed by atoms with Gasteiger partial charge in [0, 0.05) is 12.3 Å². The molecule has 1 aliphatic rings. The highest BCUT2D eigenvalue weighted by Crippen LogP contribution is 2.33. The van der Waals surface area contributed by atoms with Crippen LogP contribution in [0.3, 0.4) is 0 Å². The number of esters is 1. The van der Waals surface area contributed by atoms with E-state index in [1.807, 2.05) is 24.3 Å². The van der Waals surface area contributed by atoms with Crippen LogP contribution in [0.1, 0.15) is 18.4 Å². The van der Waals surface area contributed by atoms with Crippen LogP contribution in [0, 0.1) is 0 Å². The zero-order valence-electron chi connectivity index (χ0n) is 13.6. The Morgan fingerprint density at radius 3 is 2.64 bits per heavy atom. The topological polar surface area (TPSA) is 47.6 Å². The second kappa shape index (κ2) is 8.56. The molecule has 1 saturated heterocycles. The summed E-state index contributed by atoms with van der Waals surface area (Å²) < 4.78 is 10.8. The SMILES string of the molecule is O=C(Cc1ccccc1Nc1c(Cl)cccc1Cl)OCC1CCCO1. The molecule has 4 nitrogen and oxygen atoms in total. The number of ether oxygens (including phenoxy) is 2. The molecule has 132 valence electrons. The van der Waals surface area contributed by atoms with Crippen molar-refractivity contribution >= 4 is 40.5 Å². The fraction of sp³-hybridized carbons (Fsp3) is 0.316. The van der Waals surface area contributed by atoms with Crippen LogP contribution in [0.4, 0.5) is 11.4 Å². The number of nitrogens with one attached hydrogen (secondary N) is 1. The second-order valence-electron chi connectivity index (χ2n) is 5.87. The molecular weight excluding hydrogens is 361 g/mol. The van der Waals surface area contributed by atoms with Crippen LogP contribution in [0.25, 0.3) is 0 Å². The monoisotopic (exact) mass is 379 g/mol. The predicted molar refractivity (Wildman–Crippen MR) is 99.8 cm³/mol. The van der Waals surface area contributed by atoms with E-state index in [1.165, 1.54) is 0 Å². The van der Waals surface area contributed by atoms with Gasteiger partial charge in [0.05, 0.1) is 28.3 Å². The van der Waals surface area contributed by atoms with Crippen molar-refractivity contribution < 1.29 is 14.3 Å². The lowest BCUT2D eigenvalue weighted by atomic mass is 10.1. The highest BCUT2D eigenvalue weighted by Gasteiger charge is 2.18. The van der Waals surface area contributed by atoms with Gasteiger partial charge >= 0.3 is 5.97 Å². The number of carbonyl (C=O) groups is 1. The minimum Gasteiger partial charge on any atom is -0.463 e. The fourth-order valence-corrected chi connectivity index (χ4v) is 3.21. The van der Waals surface area contributed by atoms with Crippen molar-refractivity contribution in [1.29, 1.82) is 0 Å². The van der Waals surface area contributed by atoms with Crippen LogP contribution >= 0.6 is 23.2 Å². The average molecular weight is 380 g/mol. The van der Waals surface area contributed by atoms with Crippen molar-refractivity contribution in [1.82, 2.24) is 0 Å². The summed E-state index contributed by atoms with van der Waals surface area (Å²) in [7, 11) is 0. The van der Waals surface area contributed by atoms with Gasteiger partial charge in [0.25, 0.3) is 0 Å². The first kappa shape index (κ1) is 18.1. The van der Waals surface area contributed by atoms with Gasteiger partial charge in [-0.15, -0.1) is 0 Å². The molecule has 0 aromatic heterocycles. The minimum atomic E-state index is -0.282. The van der Waals surface area contributed by atoms with Crippen molar-refractivity contribution in [3.63, 3.8) is 0 Å². The van der Waals surface area contributed by atoms with E-state index >= 15 is 0 Å². The molecule has 1 aliphatic heterocycles. The van der Waals surface area contributed by atoms with Gasteiger partial charge < -0.3 is 14.8 Å². The Hall–Kier alpha value is -1.75. The molecule has 25 heavy (non-hydrogen) atoms. The maximum Gasteiger partial charge on any atom is 0.310 e. The number of carbonyl (C=O) groups excluding carboxylic acids is 1. The van der Waals surface area contributed by atoms with Crippen molar-refractivity contribution in [3.05, 3.63) is 58.1 Å². The average Bonchev–Trinajstić information content (AvgIpc) is 3.11. The highest BCUT2D eigenvalue weighted by atomic mass is 35.5. The van der Waals surface area contributed by atoms with Crippen LogP contribution in [0.15, 0.2) is 42.5 Å². The van der Waals surface area contributed by atoms with Gasteiger partial charge in [-0.2, -0.15) is 0 Å². The first-order valence-corrected chi connectivity index (χ1v) is 8.95. The van der Waals surface area contributed by atoms with Gasteiger partial charge in [0.2, 0.25) is 0 Å². The summed E-state index contributed by atoms with van der Waals surface area (Å²) in [5, 5.41) is 4.25.